The van der Waals surface area contributed by atoms with Gasteiger partial charge in [-0.3, -0.25) is 9.69 Å². The van der Waals surface area contributed by atoms with Gasteiger partial charge in [-0.2, -0.15) is 4.98 Å². The van der Waals surface area contributed by atoms with Crippen LogP contribution in [0, 0.1) is 0 Å². The fraction of sp³-hybridized carbons (Fsp3) is 0.462. The summed E-state index contributed by atoms with van der Waals surface area (Å²) in [5.41, 5.74) is 0. The van der Waals surface area contributed by atoms with Gasteiger partial charge in [-0.25, -0.2) is 0 Å². The second-order valence-electron chi connectivity index (χ2n) is 4.25. The number of carbonyl (C=O) groups excluding carboxylic acids is 1. The summed E-state index contributed by atoms with van der Waals surface area (Å²) < 4.78 is 5.23. The minimum Gasteiger partial charge on any atom is -0.355 e. The van der Waals surface area contributed by atoms with Crippen LogP contribution >= 0.6 is 11.3 Å². The van der Waals surface area contributed by atoms with Crippen LogP contribution in [0.4, 0.5) is 0 Å². The van der Waals surface area contributed by atoms with Crippen LogP contribution in [0.3, 0.4) is 0 Å². The van der Waals surface area contributed by atoms with E-state index in [0.717, 1.165) is 11.4 Å². The highest BCUT2D eigenvalue weighted by atomic mass is 32.1. The molecule has 0 aliphatic heterocycles. The van der Waals surface area contributed by atoms with Gasteiger partial charge in [-0.1, -0.05) is 18.1 Å². The molecule has 1 N–H and O–H groups in total. The van der Waals surface area contributed by atoms with E-state index in [1.807, 2.05) is 36.3 Å². The molecule has 0 saturated heterocycles. The number of likely N-dealkylation sites (N-methyl/N-ethyl adjacent to an activating group) is 2. The van der Waals surface area contributed by atoms with Gasteiger partial charge in [0.2, 0.25) is 17.6 Å². The summed E-state index contributed by atoms with van der Waals surface area (Å²) in [7, 11) is 0. The highest BCUT2D eigenvalue weighted by Crippen LogP contribution is 2.21. The van der Waals surface area contributed by atoms with E-state index >= 15 is 0 Å². The zero-order chi connectivity index (χ0) is 14.4. The first-order valence-electron chi connectivity index (χ1n) is 6.58. The number of thiophene rings is 1. The fourth-order valence-electron chi connectivity index (χ4n) is 1.75. The molecule has 2 rings (SSSR count). The lowest BCUT2D eigenvalue weighted by Crippen LogP contribution is -2.36. The van der Waals surface area contributed by atoms with Gasteiger partial charge >= 0.3 is 0 Å². The maximum atomic E-state index is 11.6. The Labute approximate surface area is 121 Å². The number of amides is 1. The van der Waals surface area contributed by atoms with Crippen molar-refractivity contribution in [1.29, 1.82) is 0 Å². The molecule has 0 bridgehead atoms. The van der Waals surface area contributed by atoms with Crippen molar-refractivity contribution in [3.05, 3.63) is 23.4 Å². The smallest absolute Gasteiger partial charge is 0.241 e. The molecule has 0 aromatic carbocycles. The summed E-state index contributed by atoms with van der Waals surface area (Å²) >= 11 is 1.57. The lowest BCUT2D eigenvalue weighted by molar-refractivity contribution is -0.122. The molecule has 0 radical (unpaired) electrons. The maximum absolute atomic E-state index is 11.6. The largest absolute Gasteiger partial charge is 0.355 e. The molecule has 0 aliphatic carbocycles. The highest BCUT2D eigenvalue weighted by molar-refractivity contribution is 7.13. The van der Waals surface area contributed by atoms with Gasteiger partial charge in [0.15, 0.2) is 0 Å². The van der Waals surface area contributed by atoms with Crippen LogP contribution in [-0.4, -0.2) is 40.6 Å². The Morgan fingerprint density at radius 2 is 2.35 bits per heavy atom. The van der Waals surface area contributed by atoms with E-state index in [0.29, 0.717) is 31.3 Å². The van der Waals surface area contributed by atoms with Crippen LogP contribution in [0.15, 0.2) is 22.0 Å². The van der Waals surface area contributed by atoms with Crippen molar-refractivity contribution in [2.45, 2.75) is 20.4 Å². The molecule has 0 fully saturated rings. The summed E-state index contributed by atoms with van der Waals surface area (Å²) in [6, 6.07) is 3.90. The maximum Gasteiger partial charge on any atom is 0.241 e. The number of nitrogens with zero attached hydrogens (tertiary/aromatic N) is 3. The molecule has 2 aromatic rings. The summed E-state index contributed by atoms with van der Waals surface area (Å²) in [6.07, 6.45) is 0. The molecule has 20 heavy (non-hydrogen) atoms. The van der Waals surface area contributed by atoms with Gasteiger partial charge in [0.05, 0.1) is 18.0 Å². The van der Waals surface area contributed by atoms with Gasteiger partial charge < -0.3 is 9.84 Å². The summed E-state index contributed by atoms with van der Waals surface area (Å²) in [6.45, 7) is 6.09. The van der Waals surface area contributed by atoms with Crippen molar-refractivity contribution in [1.82, 2.24) is 20.4 Å². The van der Waals surface area contributed by atoms with E-state index < -0.39 is 0 Å². The van der Waals surface area contributed by atoms with Crippen molar-refractivity contribution in [2.75, 3.05) is 19.6 Å². The zero-order valence-corrected chi connectivity index (χ0v) is 12.4. The summed E-state index contributed by atoms with van der Waals surface area (Å²) in [5.74, 6) is 1.14. The number of rotatable bonds is 7. The number of nitrogens with one attached hydrogen (secondary N) is 1. The Morgan fingerprint density at radius 1 is 1.50 bits per heavy atom. The normalized spacial score (nSPS) is 10.9. The van der Waals surface area contributed by atoms with Gasteiger partial charge in [0, 0.05) is 6.54 Å². The monoisotopic (exact) mass is 294 g/mol. The van der Waals surface area contributed by atoms with E-state index in [2.05, 4.69) is 15.5 Å². The zero-order valence-electron chi connectivity index (χ0n) is 11.6. The van der Waals surface area contributed by atoms with E-state index in [4.69, 9.17) is 4.52 Å². The number of hydrogen-bond donors (Lipinski definition) is 1. The van der Waals surface area contributed by atoms with Crippen LogP contribution in [0.5, 0.6) is 0 Å². The molecule has 2 heterocycles. The standard InChI is InChI=1S/C13H18N4O2S/c1-3-14-11(18)8-17(4-2)9-12-15-13(16-19-12)10-6-5-7-20-10/h5-7H,3-4,8-9H2,1-2H3,(H,14,18). The van der Waals surface area contributed by atoms with Gasteiger partial charge in [-0.15, -0.1) is 11.3 Å². The molecule has 108 valence electrons. The minimum atomic E-state index is 0.00680. The lowest BCUT2D eigenvalue weighted by Gasteiger charge is -2.17. The van der Waals surface area contributed by atoms with E-state index in [1.54, 1.807) is 11.3 Å². The van der Waals surface area contributed by atoms with Crippen LogP contribution in [0.2, 0.25) is 0 Å². The molecular weight excluding hydrogens is 276 g/mol. The quantitative estimate of drug-likeness (QED) is 0.842. The van der Waals surface area contributed by atoms with Gasteiger partial charge in [-0.05, 0) is 24.9 Å². The highest BCUT2D eigenvalue weighted by Gasteiger charge is 2.14. The van der Waals surface area contributed by atoms with E-state index in [1.165, 1.54) is 0 Å². The second kappa shape index (κ2) is 7.16. The number of carbonyl (C=O) groups is 1. The van der Waals surface area contributed by atoms with E-state index in [9.17, 15) is 4.79 Å². The Balaban J connectivity index is 1.96. The molecule has 0 atom stereocenters. The van der Waals surface area contributed by atoms with Crippen LogP contribution < -0.4 is 5.32 Å². The lowest BCUT2D eigenvalue weighted by atomic mass is 10.4. The van der Waals surface area contributed by atoms with Crippen LogP contribution in [0.1, 0.15) is 19.7 Å². The molecule has 6 nitrogen and oxygen atoms in total. The topological polar surface area (TPSA) is 71.3 Å². The summed E-state index contributed by atoms with van der Waals surface area (Å²) in [4.78, 5) is 18.9. The molecular formula is C13H18N4O2S. The Morgan fingerprint density at radius 3 is 3.00 bits per heavy atom. The third-order valence-corrected chi connectivity index (χ3v) is 3.62. The van der Waals surface area contributed by atoms with Gasteiger partial charge in [0.25, 0.3) is 0 Å². The molecule has 0 saturated carbocycles. The van der Waals surface area contributed by atoms with Gasteiger partial charge in [0.1, 0.15) is 0 Å². The predicted octanol–water partition coefficient (Wildman–Crippen LogP) is 1.76. The van der Waals surface area contributed by atoms with E-state index in [-0.39, 0.29) is 5.91 Å². The van der Waals surface area contributed by atoms with Crippen LogP contribution in [0.25, 0.3) is 10.7 Å². The minimum absolute atomic E-state index is 0.00680. The van der Waals surface area contributed by atoms with Crippen molar-refractivity contribution in [3.8, 4) is 10.7 Å². The molecule has 0 unspecified atom stereocenters. The Hall–Kier alpha value is -1.73. The van der Waals surface area contributed by atoms with Crippen molar-refractivity contribution in [2.24, 2.45) is 0 Å². The second-order valence-corrected chi connectivity index (χ2v) is 5.19. The predicted molar refractivity (Wildman–Crippen MR) is 77.2 cm³/mol. The SMILES string of the molecule is CCNC(=O)CN(CC)Cc1nc(-c2cccs2)no1. The Kier molecular flexibility index (Phi) is 5.25. The fourth-order valence-corrected chi connectivity index (χ4v) is 2.40. The number of aromatic nitrogens is 2. The first-order valence-corrected chi connectivity index (χ1v) is 7.46. The first kappa shape index (κ1) is 14.7. The third-order valence-electron chi connectivity index (χ3n) is 2.76. The van der Waals surface area contributed by atoms with Crippen molar-refractivity contribution in [3.63, 3.8) is 0 Å². The van der Waals surface area contributed by atoms with Crippen LogP contribution in [-0.2, 0) is 11.3 Å². The summed E-state index contributed by atoms with van der Waals surface area (Å²) in [5, 5.41) is 8.71. The van der Waals surface area contributed by atoms with Crippen molar-refractivity contribution >= 4 is 17.2 Å². The molecule has 0 aliphatic rings. The molecule has 7 heteroatoms. The molecule has 1 amide bonds. The Bertz CT molecular complexity index is 538. The average Bonchev–Trinajstić information content (AvgIpc) is 3.08. The first-order chi connectivity index (χ1) is 9.72. The van der Waals surface area contributed by atoms with Crippen molar-refractivity contribution < 1.29 is 9.32 Å². The number of hydrogen-bond acceptors (Lipinski definition) is 6. The third kappa shape index (κ3) is 3.88. The average molecular weight is 294 g/mol. The molecule has 0 spiro atoms. The molecule has 2 aromatic heterocycles.